The third kappa shape index (κ3) is 5.94. The van der Waals surface area contributed by atoms with Crippen LogP contribution in [0.15, 0.2) is 102 Å². The number of amides is 2. The molecule has 2 heterocycles. The molecule has 3 aromatic carbocycles. The van der Waals surface area contributed by atoms with E-state index in [0.717, 1.165) is 28.5 Å². The van der Waals surface area contributed by atoms with E-state index in [4.69, 9.17) is 4.74 Å². The van der Waals surface area contributed by atoms with Crippen molar-refractivity contribution in [3.05, 3.63) is 118 Å². The van der Waals surface area contributed by atoms with Gasteiger partial charge in [0.1, 0.15) is 17.1 Å². The largest absolute Gasteiger partial charge is 0.448 e. The number of ether oxygens (including phenoxy) is 1. The average Bonchev–Trinajstić information content (AvgIpc) is 2.95. The maximum Gasteiger partial charge on any atom is 0.356 e. The van der Waals surface area contributed by atoms with Crippen LogP contribution in [0.1, 0.15) is 29.7 Å². The molecule has 2 aliphatic rings. The highest BCUT2D eigenvalue weighted by Crippen LogP contribution is 2.44. The minimum absolute atomic E-state index is 0.0642. The van der Waals surface area contributed by atoms with E-state index in [1.807, 2.05) is 91.0 Å². The Bertz CT molecular complexity index is 1370. The average molecular weight is 559 g/mol. The van der Waals surface area contributed by atoms with Gasteiger partial charge in [0.05, 0.1) is 6.42 Å². The highest BCUT2D eigenvalue weighted by Gasteiger charge is 2.54. The topological polar surface area (TPSA) is 92.8 Å². The molecule has 7 nitrogen and oxygen atoms in total. The Kier molecular flexibility index (Phi) is 8.18. The van der Waals surface area contributed by atoms with Gasteiger partial charge in [-0.25, -0.2) is 4.79 Å². The summed E-state index contributed by atoms with van der Waals surface area (Å²) in [5, 5.41) is 2.16. The molecule has 1 N–H and O–H groups in total. The molecule has 0 aromatic heterocycles. The zero-order valence-corrected chi connectivity index (χ0v) is 22.7. The number of thioether (sulfide) groups is 2. The SMILES string of the molecule is CC(=O)SC1=C(C(=O)OC(c2ccccc2)c2ccccc2)N2C(=O)C(NC(=O)Cc3ccccc3)[C@H]2SC1. The Morgan fingerprint density at radius 3 is 2.08 bits per heavy atom. The third-order valence-corrected chi connectivity index (χ3v) is 8.68. The lowest BCUT2D eigenvalue weighted by Crippen LogP contribution is -2.70. The van der Waals surface area contributed by atoms with Crippen molar-refractivity contribution in [3.63, 3.8) is 0 Å². The molecule has 2 amide bonds. The first-order chi connectivity index (χ1) is 18.9. The molecule has 0 bridgehead atoms. The van der Waals surface area contributed by atoms with E-state index in [0.29, 0.717) is 10.7 Å². The molecule has 1 unspecified atom stereocenters. The van der Waals surface area contributed by atoms with Crippen molar-refractivity contribution < 1.29 is 23.9 Å². The maximum absolute atomic E-state index is 13.8. The van der Waals surface area contributed by atoms with Crippen LogP contribution < -0.4 is 5.32 Å². The standard InChI is InChI=1S/C30H26N2O5S2/c1-19(33)39-23-18-38-29-25(31-24(34)17-20-11-5-2-6-12-20)28(35)32(29)26(23)30(36)37-27(21-13-7-3-8-14-21)22-15-9-4-10-16-22/h2-16,25,27,29H,17-18H2,1H3,(H,31,34)/t25?,29-/m1/s1. The summed E-state index contributed by atoms with van der Waals surface area (Å²) in [4.78, 5) is 53.6. The van der Waals surface area contributed by atoms with Crippen molar-refractivity contribution in [1.82, 2.24) is 10.2 Å². The first-order valence-electron chi connectivity index (χ1n) is 12.4. The van der Waals surface area contributed by atoms with Gasteiger partial charge in [-0.2, -0.15) is 0 Å². The van der Waals surface area contributed by atoms with Crippen molar-refractivity contribution in [3.8, 4) is 0 Å². The Balaban J connectivity index is 1.39. The number of β-lactam (4-membered cyclic amide) rings is 1. The fourth-order valence-corrected chi connectivity index (χ4v) is 6.84. The molecule has 198 valence electrons. The fourth-order valence-electron chi connectivity index (χ4n) is 4.59. The Hall–Kier alpha value is -3.82. The lowest BCUT2D eigenvalue weighted by molar-refractivity contribution is -0.154. The summed E-state index contributed by atoms with van der Waals surface area (Å²) in [6.45, 7) is 1.42. The van der Waals surface area contributed by atoms with Crippen molar-refractivity contribution >= 4 is 46.4 Å². The molecule has 3 aromatic rings. The molecule has 39 heavy (non-hydrogen) atoms. The highest BCUT2D eigenvalue weighted by atomic mass is 32.2. The molecule has 0 aliphatic carbocycles. The normalized spacial score (nSPS) is 18.3. The van der Waals surface area contributed by atoms with Crippen molar-refractivity contribution in [2.75, 3.05) is 5.75 Å². The van der Waals surface area contributed by atoms with Crippen LogP contribution in [0.4, 0.5) is 0 Å². The predicted molar refractivity (Wildman–Crippen MR) is 151 cm³/mol. The van der Waals surface area contributed by atoms with Gasteiger partial charge in [0.15, 0.2) is 11.2 Å². The quantitative estimate of drug-likeness (QED) is 0.323. The summed E-state index contributed by atoms with van der Waals surface area (Å²) in [5.41, 5.74) is 2.46. The van der Waals surface area contributed by atoms with Gasteiger partial charge < -0.3 is 10.1 Å². The molecule has 0 radical (unpaired) electrons. The molecule has 9 heteroatoms. The monoisotopic (exact) mass is 558 g/mol. The van der Waals surface area contributed by atoms with E-state index in [9.17, 15) is 19.2 Å². The second-order valence-corrected chi connectivity index (χ2v) is 11.5. The van der Waals surface area contributed by atoms with Crippen LogP contribution in [-0.4, -0.2) is 45.0 Å². The summed E-state index contributed by atoms with van der Waals surface area (Å²) >= 11 is 2.33. The Morgan fingerprint density at radius 1 is 0.949 bits per heavy atom. The lowest BCUT2D eigenvalue weighted by atomic mass is 10.0. The second kappa shape index (κ2) is 11.9. The van der Waals surface area contributed by atoms with Crippen LogP contribution in [0.2, 0.25) is 0 Å². The van der Waals surface area contributed by atoms with Crippen molar-refractivity contribution in [1.29, 1.82) is 0 Å². The van der Waals surface area contributed by atoms with Crippen molar-refractivity contribution in [2.45, 2.75) is 30.9 Å². The number of carbonyl (C=O) groups is 4. The molecule has 5 rings (SSSR count). The second-order valence-electron chi connectivity index (χ2n) is 9.09. The summed E-state index contributed by atoms with van der Waals surface area (Å²) in [7, 11) is 0. The minimum Gasteiger partial charge on any atom is -0.448 e. The van der Waals surface area contributed by atoms with Crippen LogP contribution >= 0.6 is 23.5 Å². The number of hydrogen-bond acceptors (Lipinski definition) is 7. The number of esters is 1. The van der Waals surface area contributed by atoms with Gasteiger partial charge in [-0.1, -0.05) is 103 Å². The first kappa shape index (κ1) is 26.8. The van der Waals surface area contributed by atoms with E-state index < -0.39 is 29.4 Å². The number of carbonyl (C=O) groups excluding carboxylic acids is 4. The van der Waals surface area contributed by atoms with E-state index >= 15 is 0 Å². The smallest absolute Gasteiger partial charge is 0.356 e. The molecule has 0 spiro atoms. The van der Waals surface area contributed by atoms with Gasteiger partial charge in [0.25, 0.3) is 5.91 Å². The number of rotatable bonds is 8. The molecule has 2 atom stereocenters. The summed E-state index contributed by atoms with van der Waals surface area (Å²) in [6.07, 6.45) is -0.560. The van der Waals surface area contributed by atoms with Gasteiger partial charge in [0.2, 0.25) is 5.91 Å². The summed E-state index contributed by atoms with van der Waals surface area (Å²) < 4.78 is 6.06. The van der Waals surface area contributed by atoms with Gasteiger partial charge in [-0.05, 0) is 16.7 Å². The van der Waals surface area contributed by atoms with Gasteiger partial charge >= 0.3 is 5.97 Å². The van der Waals surface area contributed by atoms with E-state index in [1.165, 1.54) is 23.6 Å². The third-order valence-electron chi connectivity index (χ3n) is 6.35. The summed E-state index contributed by atoms with van der Waals surface area (Å²) in [6, 6.07) is 27.2. The number of benzene rings is 3. The lowest BCUT2D eigenvalue weighted by Gasteiger charge is -2.49. The Labute approximate surface area is 235 Å². The van der Waals surface area contributed by atoms with Crippen LogP contribution in [0.3, 0.4) is 0 Å². The van der Waals surface area contributed by atoms with Gasteiger partial charge in [0, 0.05) is 17.6 Å². The van der Waals surface area contributed by atoms with Gasteiger partial charge in [-0.3, -0.25) is 19.3 Å². The molecule has 2 aliphatic heterocycles. The van der Waals surface area contributed by atoms with Gasteiger partial charge in [-0.15, -0.1) is 11.8 Å². The molecule has 0 saturated carbocycles. The number of fused-ring (bicyclic) bond motifs is 1. The number of nitrogens with one attached hydrogen (secondary N) is 1. The molecule has 1 saturated heterocycles. The molecule has 1 fully saturated rings. The van der Waals surface area contributed by atoms with Crippen LogP contribution in [0, 0.1) is 0 Å². The van der Waals surface area contributed by atoms with E-state index in [-0.39, 0.29) is 23.1 Å². The molecular formula is C30H26N2O5S2. The number of hydrogen-bond donors (Lipinski definition) is 1. The van der Waals surface area contributed by atoms with E-state index in [2.05, 4.69) is 5.32 Å². The minimum atomic E-state index is -0.767. The van der Waals surface area contributed by atoms with Crippen LogP contribution in [0.5, 0.6) is 0 Å². The van der Waals surface area contributed by atoms with E-state index in [1.54, 1.807) is 0 Å². The summed E-state index contributed by atoms with van der Waals surface area (Å²) in [5.74, 6) is -1.03. The zero-order valence-electron chi connectivity index (χ0n) is 21.1. The molecular weight excluding hydrogens is 532 g/mol. The highest BCUT2D eigenvalue weighted by molar-refractivity contribution is 8.17. The van der Waals surface area contributed by atoms with Crippen LogP contribution in [0.25, 0.3) is 0 Å². The Morgan fingerprint density at radius 2 is 1.51 bits per heavy atom. The first-order valence-corrected chi connectivity index (χ1v) is 14.3. The number of nitrogens with zero attached hydrogens (tertiary/aromatic N) is 1. The zero-order chi connectivity index (χ0) is 27.4. The predicted octanol–water partition coefficient (Wildman–Crippen LogP) is 4.45. The fraction of sp³-hybridized carbons (Fsp3) is 0.200. The van der Waals surface area contributed by atoms with Crippen molar-refractivity contribution in [2.24, 2.45) is 0 Å². The van der Waals surface area contributed by atoms with Crippen LogP contribution in [-0.2, 0) is 30.3 Å². The maximum atomic E-state index is 13.8.